The van der Waals surface area contributed by atoms with Crippen LogP contribution in [0.15, 0.2) is 97.1 Å². The Labute approximate surface area is 380 Å². The number of hydrogen-bond acceptors (Lipinski definition) is 7. The number of imidazole rings is 2. The summed E-state index contributed by atoms with van der Waals surface area (Å²) in [5.41, 5.74) is 6.72. The molecule has 8 rings (SSSR count). The summed E-state index contributed by atoms with van der Waals surface area (Å²) < 4.78 is 21.7. The zero-order valence-corrected chi connectivity index (χ0v) is 38.4. The lowest BCUT2D eigenvalue weighted by Gasteiger charge is -2.25. The summed E-state index contributed by atoms with van der Waals surface area (Å²) in [7, 11) is 1.43. The second-order valence-corrected chi connectivity index (χ2v) is 17.8. The minimum Gasteiger partial charge on any atom is -0.494 e. The van der Waals surface area contributed by atoms with Gasteiger partial charge in [-0.3, -0.25) is 9.59 Å². The summed E-state index contributed by atoms with van der Waals surface area (Å²) >= 11 is 0. The van der Waals surface area contributed by atoms with Crippen LogP contribution in [-0.4, -0.2) is 57.3 Å². The van der Waals surface area contributed by atoms with Gasteiger partial charge in [-0.2, -0.15) is 0 Å². The van der Waals surface area contributed by atoms with E-state index in [2.05, 4.69) is 98.1 Å². The lowest BCUT2D eigenvalue weighted by Crippen LogP contribution is -2.29. The predicted molar refractivity (Wildman–Crippen MR) is 258 cm³/mol. The Morgan fingerprint density at radius 3 is 1.48 bits per heavy atom. The molecule has 0 aliphatic heterocycles. The number of carbonyl (C=O) groups excluding carboxylic acids is 2. The van der Waals surface area contributed by atoms with Crippen LogP contribution in [-0.2, 0) is 14.3 Å². The molecule has 1 N–H and O–H groups in total. The first-order valence-corrected chi connectivity index (χ1v) is 24.1. The third-order valence-electron chi connectivity index (χ3n) is 12.6. The highest BCUT2D eigenvalue weighted by Gasteiger charge is 2.24. The number of aromatic nitrogens is 4. The Bertz CT molecular complexity index is 2360. The Morgan fingerprint density at radius 2 is 1.05 bits per heavy atom. The van der Waals surface area contributed by atoms with Crippen molar-refractivity contribution < 1.29 is 23.8 Å². The van der Waals surface area contributed by atoms with E-state index in [-0.39, 0.29) is 17.9 Å². The Balaban J connectivity index is 0.000000192. The van der Waals surface area contributed by atoms with Crippen LogP contribution >= 0.6 is 0 Å². The molecule has 10 nitrogen and oxygen atoms in total. The van der Waals surface area contributed by atoms with Gasteiger partial charge >= 0.3 is 5.97 Å². The molecule has 340 valence electrons. The van der Waals surface area contributed by atoms with E-state index in [0.717, 1.165) is 83.8 Å². The molecule has 10 heteroatoms. The second kappa shape index (κ2) is 23.9. The molecule has 2 aliphatic carbocycles. The number of amides is 1. The molecule has 2 heterocycles. The third kappa shape index (κ3) is 12.8. The van der Waals surface area contributed by atoms with Crippen molar-refractivity contribution in [1.82, 2.24) is 24.4 Å². The zero-order valence-electron chi connectivity index (χ0n) is 38.4. The number of carbonyl (C=O) groups is 2. The molecule has 0 unspecified atom stereocenters. The molecule has 0 saturated heterocycles. The van der Waals surface area contributed by atoms with Crippen LogP contribution in [0.1, 0.15) is 142 Å². The van der Waals surface area contributed by atoms with Crippen LogP contribution < -0.4 is 14.8 Å². The van der Waals surface area contributed by atoms with Crippen LogP contribution in [0.5, 0.6) is 11.5 Å². The van der Waals surface area contributed by atoms with Gasteiger partial charge in [0.05, 0.1) is 42.4 Å². The predicted octanol–water partition coefficient (Wildman–Crippen LogP) is 13.0. The molecule has 0 bridgehead atoms. The van der Waals surface area contributed by atoms with Crippen LogP contribution in [0.3, 0.4) is 0 Å². The number of hydrogen-bond donors (Lipinski definition) is 1. The van der Waals surface area contributed by atoms with Crippen LogP contribution in [0, 0.1) is 0 Å². The SMILES string of the molecule is CC(C)NC(=O)CCCCCOc1ccc2nc(-c3ccccc3)n(C3CCCCC3)c2c1.COC(=O)CCCCCOc1ccc2nc(-c3ccccc3)n(C3CCCCC3)c2c1. The van der Waals surface area contributed by atoms with E-state index in [1.54, 1.807) is 0 Å². The summed E-state index contributed by atoms with van der Waals surface area (Å²) in [4.78, 5) is 33.0. The van der Waals surface area contributed by atoms with Crippen molar-refractivity contribution in [2.45, 2.75) is 148 Å². The maximum Gasteiger partial charge on any atom is 0.305 e. The van der Waals surface area contributed by atoms with E-state index < -0.39 is 0 Å². The van der Waals surface area contributed by atoms with Crippen LogP contribution in [0.2, 0.25) is 0 Å². The van der Waals surface area contributed by atoms with Gasteiger partial charge in [-0.15, -0.1) is 0 Å². The molecule has 6 aromatic rings. The number of rotatable bonds is 19. The number of ether oxygens (including phenoxy) is 3. The molecule has 0 radical (unpaired) electrons. The molecular formula is C54H69N5O5. The summed E-state index contributed by atoms with van der Waals surface area (Å²) in [6, 6.07) is 34.7. The van der Waals surface area contributed by atoms with Gasteiger partial charge in [0.1, 0.15) is 23.1 Å². The van der Waals surface area contributed by atoms with Gasteiger partial charge < -0.3 is 28.7 Å². The summed E-state index contributed by atoms with van der Waals surface area (Å²) in [5, 5.41) is 2.94. The van der Waals surface area contributed by atoms with E-state index in [1.807, 2.05) is 32.0 Å². The van der Waals surface area contributed by atoms with Gasteiger partial charge in [0.2, 0.25) is 5.91 Å². The minimum absolute atomic E-state index is 0.140. The summed E-state index contributed by atoms with van der Waals surface area (Å²) in [6.45, 7) is 5.30. The molecule has 2 aliphatic rings. The minimum atomic E-state index is -0.142. The fourth-order valence-corrected chi connectivity index (χ4v) is 9.31. The number of benzene rings is 4. The molecular weight excluding hydrogens is 799 g/mol. The molecule has 0 spiro atoms. The average Bonchev–Trinajstić information content (AvgIpc) is 3.91. The Kier molecular flexibility index (Phi) is 17.3. The molecule has 2 saturated carbocycles. The molecule has 0 atom stereocenters. The van der Waals surface area contributed by atoms with Crippen molar-refractivity contribution in [2.75, 3.05) is 20.3 Å². The molecule has 4 aromatic carbocycles. The van der Waals surface area contributed by atoms with Crippen molar-refractivity contribution in [3.05, 3.63) is 97.1 Å². The standard InChI is InChI=1S/C28H37N3O2.C26H32N2O3/c1-21(2)29-27(32)16-10-5-11-19-33-24-17-18-25-26(20-24)31(23-14-8-4-9-15-23)28(30-25)22-12-6-3-7-13-22;1-30-25(29)15-9-4-10-18-31-22-16-17-23-24(19-22)28(21-13-7-3-8-14-21)26(27-23)20-11-5-2-6-12-20/h3,6-7,12-13,17-18,20-21,23H,4-5,8-11,14-16,19H2,1-2H3,(H,29,32);2,5-6,11-12,16-17,19,21H,3-4,7-10,13-15,18H2,1H3. The van der Waals surface area contributed by atoms with Gasteiger partial charge in [-0.25, -0.2) is 9.97 Å². The quantitative estimate of drug-likeness (QED) is 0.0638. The molecule has 1 amide bonds. The number of nitrogens with one attached hydrogen (secondary N) is 1. The monoisotopic (exact) mass is 868 g/mol. The normalized spacial score (nSPS) is 14.6. The number of methoxy groups -OCH3 is 1. The van der Waals surface area contributed by atoms with Gasteiger partial charge in [-0.1, -0.05) is 99.2 Å². The van der Waals surface area contributed by atoms with E-state index in [1.165, 1.54) is 82.4 Å². The number of unbranched alkanes of at least 4 members (excludes halogenated alkanes) is 4. The lowest BCUT2D eigenvalue weighted by atomic mass is 9.95. The Hall–Kier alpha value is -5.64. The van der Waals surface area contributed by atoms with Gasteiger partial charge in [0.15, 0.2) is 0 Å². The highest BCUT2D eigenvalue weighted by atomic mass is 16.5. The van der Waals surface area contributed by atoms with E-state index in [9.17, 15) is 9.59 Å². The Morgan fingerprint density at radius 1 is 0.594 bits per heavy atom. The number of esters is 1. The highest BCUT2D eigenvalue weighted by molar-refractivity contribution is 5.83. The topological polar surface area (TPSA) is 110 Å². The van der Waals surface area contributed by atoms with Crippen molar-refractivity contribution in [2.24, 2.45) is 0 Å². The first-order chi connectivity index (χ1) is 31.4. The van der Waals surface area contributed by atoms with E-state index in [0.29, 0.717) is 38.1 Å². The van der Waals surface area contributed by atoms with Crippen molar-refractivity contribution in [3.63, 3.8) is 0 Å². The van der Waals surface area contributed by atoms with E-state index in [4.69, 9.17) is 19.4 Å². The first-order valence-electron chi connectivity index (χ1n) is 24.1. The third-order valence-corrected chi connectivity index (χ3v) is 12.6. The van der Waals surface area contributed by atoms with Crippen LogP contribution in [0.25, 0.3) is 44.8 Å². The van der Waals surface area contributed by atoms with Gasteiger partial charge in [-0.05, 0) is 102 Å². The summed E-state index contributed by atoms with van der Waals surface area (Å²) in [6.07, 6.45) is 19.2. The second-order valence-electron chi connectivity index (χ2n) is 17.8. The lowest BCUT2D eigenvalue weighted by molar-refractivity contribution is -0.140. The van der Waals surface area contributed by atoms with Crippen LogP contribution in [0.4, 0.5) is 0 Å². The molecule has 2 fully saturated rings. The van der Waals surface area contributed by atoms with E-state index >= 15 is 0 Å². The molecule has 64 heavy (non-hydrogen) atoms. The smallest absolute Gasteiger partial charge is 0.305 e. The maximum absolute atomic E-state index is 11.7. The van der Waals surface area contributed by atoms with Crippen molar-refractivity contribution in [1.29, 1.82) is 0 Å². The highest BCUT2D eigenvalue weighted by Crippen LogP contribution is 2.38. The first kappa shape index (κ1) is 46.4. The fourth-order valence-electron chi connectivity index (χ4n) is 9.31. The van der Waals surface area contributed by atoms with Gasteiger partial charge in [0, 0.05) is 54.2 Å². The number of fused-ring (bicyclic) bond motifs is 2. The largest absolute Gasteiger partial charge is 0.494 e. The molecule has 2 aromatic heterocycles. The average molecular weight is 868 g/mol. The van der Waals surface area contributed by atoms with Crippen molar-refractivity contribution >= 4 is 33.9 Å². The maximum atomic E-state index is 11.7. The number of nitrogens with zero attached hydrogens (tertiary/aromatic N) is 4. The zero-order chi connectivity index (χ0) is 44.5. The summed E-state index contributed by atoms with van der Waals surface area (Å²) in [5.74, 6) is 3.91. The van der Waals surface area contributed by atoms with Crippen molar-refractivity contribution in [3.8, 4) is 34.3 Å². The van der Waals surface area contributed by atoms with Gasteiger partial charge in [0.25, 0.3) is 0 Å². The fraction of sp³-hybridized carbons (Fsp3) is 0.481.